The molecule has 0 N–H and O–H groups in total. The summed E-state index contributed by atoms with van der Waals surface area (Å²) in [6, 6.07) is 4.11. The van der Waals surface area contributed by atoms with Gasteiger partial charge in [-0.25, -0.2) is 0 Å². The average molecular weight is 235 g/mol. The van der Waals surface area contributed by atoms with Crippen LogP contribution in [0.25, 0.3) is 0 Å². The number of carbonyl (C=O) groups is 1. The second-order valence-electron chi connectivity index (χ2n) is 4.86. The summed E-state index contributed by atoms with van der Waals surface area (Å²) in [5, 5.41) is 0. The second kappa shape index (κ2) is 5.39. The van der Waals surface area contributed by atoms with Crippen molar-refractivity contribution in [1.82, 2.24) is 4.90 Å². The van der Waals surface area contributed by atoms with Crippen LogP contribution in [0.15, 0.2) is 16.5 Å². The molecule has 1 atom stereocenters. The zero-order valence-corrected chi connectivity index (χ0v) is 10.7. The Labute approximate surface area is 103 Å². The van der Waals surface area contributed by atoms with E-state index in [9.17, 15) is 4.79 Å². The molecule has 0 aromatic carbocycles. The summed E-state index contributed by atoms with van der Waals surface area (Å²) in [4.78, 5) is 14.1. The Morgan fingerprint density at radius 1 is 1.53 bits per heavy atom. The third kappa shape index (κ3) is 2.71. The van der Waals surface area contributed by atoms with Crippen LogP contribution in [0.2, 0.25) is 0 Å². The van der Waals surface area contributed by atoms with Crippen LogP contribution in [0.3, 0.4) is 0 Å². The number of nitrogens with zero attached hydrogens (tertiary/aromatic N) is 1. The van der Waals surface area contributed by atoms with Crippen molar-refractivity contribution in [1.29, 1.82) is 0 Å². The van der Waals surface area contributed by atoms with Crippen LogP contribution in [0, 0.1) is 0 Å². The van der Waals surface area contributed by atoms with E-state index in [4.69, 9.17) is 4.42 Å². The molecule has 1 saturated heterocycles. The van der Waals surface area contributed by atoms with E-state index >= 15 is 0 Å². The maximum Gasteiger partial charge on any atom is 0.289 e. The highest BCUT2D eigenvalue weighted by molar-refractivity contribution is 5.91. The van der Waals surface area contributed by atoms with Gasteiger partial charge in [0.1, 0.15) is 5.76 Å². The molecule has 0 saturated carbocycles. The summed E-state index contributed by atoms with van der Waals surface area (Å²) in [7, 11) is 0. The molecule has 3 nitrogen and oxygen atoms in total. The fourth-order valence-electron chi connectivity index (χ4n) is 2.35. The Balaban J connectivity index is 2.01. The van der Waals surface area contributed by atoms with Crippen LogP contribution in [0.5, 0.6) is 0 Å². The lowest BCUT2D eigenvalue weighted by Crippen LogP contribution is -2.33. The molecule has 0 bridgehead atoms. The van der Waals surface area contributed by atoms with E-state index in [-0.39, 0.29) is 5.91 Å². The smallest absolute Gasteiger partial charge is 0.289 e. The lowest BCUT2D eigenvalue weighted by molar-refractivity contribution is 0.0713. The summed E-state index contributed by atoms with van der Waals surface area (Å²) >= 11 is 0. The normalized spacial score (nSPS) is 19.9. The van der Waals surface area contributed by atoms with Crippen LogP contribution >= 0.6 is 0 Å². The minimum Gasteiger partial charge on any atom is -0.456 e. The second-order valence-corrected chi connectivity index (χ2v) is 4.86. The number of carbonyl (C=O) groups excluding carboxylic acids is 1. The van der Waals surface area contributed by atoms with Gasteiger partial charge in [-0.05, 0) is 38.3 Å². The molecule has 0 aliphatic carbocycles. The zero-order chi connectivity index (χ0) is 12.3. The maximum absolute atomic E-state index is 12.2. The van der Waals surface area contributed by atoms with E-state index in [2.05, 4.69) is 13.8 Å². The van der Waals surface area contributed by atoms with Crippen LogP contribution in [0.1, 0.15) is 55.8 Å². The number of hydrogen-bond donors (Lipinski definition) is 0. The largest absolute Gasteiger partial charge is 0.456 e. The SMILES string of the molecule is CCCCc1ccc(C(=O)N2CCCC2C)o1. The number of hydrogen-bond acceptors (Lipinski definition) is 2. The molecule has 17 heavy (non-hydrogen) atoms. The van der Waals surface area contributed by atoms with Gasteiger partial charge in [-0.2, -0.15) is 0 Å². The quantitative estimate of drug-likeness (QED) is 0.802. The lowest BCUT2D eigenvalue weighted by atomic mass is 10.2. The van der Waals surface area contributed by atoms with Gasteiger partial charge in [-0.1, -0.05) is 13.3 Å². The van der Waals surface area contributed by atoms with Crippen LogP contribution in [0.4, 0.5) is 0 Å². The maximum atomic E-state index is 12.2. The summed E-state index contributed by atoms with van der Waals surface area (Å²) in [6.07, 6.45) is 5.40. The van der Waals surface area contributed by atoms with Crippen molar-refractivity contribution in [3.63, 3.8) is 0 Å². The van der Waals surface area contributed by atoms with Crippen molar-refractivity contribution in [2.24, 2.45) is 0 Å². The summed E-state index contributed by atoms with van der Waals surface area (Å²) in [6.45, 7) is 5.12. The van der Waals surface area contributed by atoms with Crippen LogP contribution < -0.4 is 0 Å². The molecule has 1 fully saturated rings. The van der Waals surface area contributed by atoms with E-state index in [1.54, 1.807) is 0 Å². The first-order valence-corrected chi connectivity index (χ1v) is 6.62. The standard InChI is InChI=1S/C14H21NO2/c1-3-4-7-12-8-9-13(17-12)14(16)15-10-5-6-11(15)2/h8-9,11H,3-7,10H2,1-2H3. The number of amides is 1. The molecule has 2 heterocycles. The molecule has 1 unspecified atom stereocenters. The van der Waals surface area contributed by atoms with E-state index in [0.717, 1.165) is 44.4 Å². The van der Waals surface area contributed by atoms with Crippen molar-refractivity contribution in [2.75, 3.05) is 6.54 Å². The molecule has 1 aliphatic heterocycles. The third-order valence-electron chi connectivity index (χ3n) is 3.46. The van der Waals surface area contributed by atoms with Gasteiger partial charge in [-0.3, -0.25) is 4.79 Å². The molecule has 1 aromatic heterocycles. The summed E-state index contributed by atoms with van der Waals surface area (Å²) < 4.78 is 5.62. The van der Waals surface area contributed by atoms with Gasteiger partial charge in [0, 0.05) is 19.0 Å². The Morgan fingerprint density at radius 2 is 2.35 bits per heavy atom. The first kappa shape index (κ1) is 12.2. The van der Waals surface area contributed by atoms with Gasteiger partial charge in [-0.15, -0.1) is 0 Å². The summed E-state index contributed by atoms with van der Waals surface area (Å²) in [5.41, 5.74) is 0. The minimum atomic E-state index is 0.0535. The first-order chi connectivity index (χ1) is 8.22. The molecule has 1 amide bonds. The highest BCUT2D eigenvalue weighted by atomic mass is 16.4. The highest BCUT2D eigenvalue weighted by Gasteiger charge is 2.27. The van der Waals surface area contributed by atoms with Crippen molar-refractivity contribution < 1.29 is 9.21 Å². The first-order valence-electron chi connectivity index (χ1n) is 6.62. The van der Waals surface area contributed by atoms with E-state index in [1.165, 1.54) is 0 Å². The summed E-state index contributed by atoms with van der Waals surface area (Å²) in [5.74, 6) is 1.49. The lowest BCUT2D eigenvalue weighted by Gasteiger charge is -2.19. The molecule has 0 radical (unpaired) electrons. The molecule has 2 rings (SSSR count). The van der Waals surface area contributed by atoms with E-state index < -0.39 is 0 Å². The molecule has 1 aliphatic rings. The molecule has 94 valence electrons. The molecular weight excluding hydrogens is 214 g/mol. The Hall–Kier alpha value is -1.25. The fraction of sp³-hybridized carbons (Fsp3) is 0.643. The van der Waals surface area contributed by atoms with Gasteiger partial charge in [0.25, 0.3) is 5.91 Å². The fourth-order valence-corrected chi connectivity index (χ4v) is 2.35. The zero-order valence-electron chi connectivity index (χ0n) is 10.7. The van der Waals surface area contributed by atoms with Crippen molar-refractivity contribution in [3.8, 4) is 0 Å². The molecular formula is C14H21NO2. The number of furan rings is 1. The number of unbranched alkanes of at least 4 members (excludes halogenated alkanes) is 1. The van der Waals surface area contributed by atoms with Gasteiger partial charge >= 0.3 is 0 Å². The van der Waals surface area contributed by atoms with Crippen molar-refractivity contribution in [3.05, 3.63) is 23.7 Å². The van der Waals surface area contributed by atoms with Gasteiger partial charge in [0.15, 0.2) is 5.76 Å². The highest BCUT2D eigenvalue weighted by Crippen LogP contribution is 2.21. The Kier molecular flexibility index (Phi) is 3.87. The Bertz CT molecular complexity index is 383. The molecule has 3 heteroatoms. The van der Waals surface area contributed by atoms with Crippen LogP contribution in [-0.4, -0.2) is 23.4 Å². The van der Waals surface area contributed by atoms with E-state index in [1.807, 2.05) is 17.0 Å². The van der Waals surface area contributed by atoms with Crippen LogP contribution in [-0.2, 0) is 6.42 Å². The van der Waals surface area contributed by atoms with Gasteiger partial charge in [0.2, 0.25) is 0 Å². The monoisotopic (exact) mass is 235 g/mol. The molecule has 1 aromatic rings. The molecule has 0 spiro atoms. The topological polar surface area (TPSA) is 33.5 Å². The average Bonchev–Trinajstić information content (AvgIpc) is 2.94. The third-order valence-corrected chi connectivity index (χ3v) is 3.46. The van der Waals surface area contributed by atoms with Gasteiger partial charge < -0.3 is 9.32 Å². The number of rotatable bonds is 4. The Morgan fingerprint density at radius 3 is 3.00 bits per heavy atom. The van der Waals surface area contributed by atoms with Gasteiger partial charge in [0.05, 0.1) is 0 Å². The number of likely N-dealkylation sites (tertiary alicyclic amines) is 1. The van der Waals surface area contributed by atoms with E-state index in [0.29, 0.717) is 11.8 Å². The minimum absolute atomic E-state index is 0.0535. The predicted molar refractivity (Wildman–Crippen MR) is 67.1 cm³/mol. The predicted octanol–water partition coefficient (Wildman–Crippen LogP) is 3.25. The number of aryl methyl sites for hydroxylation is 1. The van der Waals surface area contributed by atoms with Crippen molar-refractivity contribution in [2.45, 2.75) is 52.0 Å². The van der Waals surface area contributed by atoms with Crippen molar-refractivity contribution >= 4 is 5.91 Å².